The third kappa shape index (κ3) is 4.80. The largest absolute Gasteiger partial charge is 0.497 e. The molecule has 0 saturated heterocycles. The highest BCUT2D eigenvalue weighted by atomic mass is 32.2. The predicted molar refractivity (Wildman–Crippen MR) is 99.1 cm³/mol. The smallest absolute Gasteiger partial charge is 0.230 e. The number of nitrogens with zero attached hydrogens (tertiary/aromatic N) is 2. The highest BCUT2D eigenvalue weighted by Gasteiger charge is 2.10. The summed E-state index contributed by atoms with van der Waals surface area (Å²) >= 11 is 4.74. The van der Waals surface area contributed by atoms with Gasteiger partial charge in [0.15, 0.2) is 4.34 Å². The van der Waals surface area contributed by atoms with Gasteiger partial charge in [0.05, 0.1) is 13.5 Å². The summed E-state index contributed by atoms with van der Waals surface area (Å²) in [6.45, 7) is 0. The van der Waals surface area contributed by atoms with Crippen LogP contribution in [0.5, 0.6) is 5.75 Å². The minimum Gasteiger partial charge on any atom is -0.497 e. The third-order valence-corrected chi connectivity index (χ3v) is 6.17. The van der Waals surface area contributed by atoms with Gasteiger partial charge in [0.1, 0.15) is 5.75 Å². The number of thiophene rings is 1. The van der Waals surface area contributed by atoms with Crippen LogP contribution in [0.3, 0.4) is 0 Å². The Balaban J connectivity index is 1.50. The summed E-state index contributed by atoms with van der Waals surface area (Å²) in [6.07, 6.45) is 0.293. The van der Waals surface area contributed by atoms with Crippen LogP contribution in [0.4, 0.5) is 5.13 Å². The van der Waals surface area contributed by atoms with Gasteiger partial charge in [-0.15, -0.1) is 21.5 Å². The van der Waals surface area contributed by atoms with Crippen molar-refractivity contribution in [3.63, 3.8) is 0 Å². The van der Waals surface area contributed by atoms with Gasteiger partial charge < -0.3 is 10.1 Å². The van der Waals surface area contributed by atoms with Crippen LogP contribution in [0.15, 0.2) is 46.1 Å². The van der Waals surface area contributed by atoms with Crippen LogP contribution in [0.2, 0.25) is 0 Å². The second-order valence-electron chi connectivity index (χ2n) is 4.81. The first kappa shape index (κ1) is 16.9. The molecular weight excluding hydrogens is 362 g/mol. The molecule has 3 rings (SSSR count). The maximum absolute atomic E-state index is 12.1. The molecule has 2 heterocycles. The first-order chi connectivity index (χ1) is 11.7. The Bertz CT molecular complexity index is 785. The minimum atomic E-state index is -0.105. The van der Waals surface area contributed by atoms with Crippen LogP contribution in [-0.2, 0) is 17.0 Å². The second-order valence-corrected chi connectivity index (χ2v) is 8.05. The standard InChI is InChI=1S/C16H15N3O2S3/c1-21-12-6-4-11(5-7-12)9-14(20)17-15-18-19-16(24-15)23-10-13-3-2-8-22-13/h2-8H,9-10H2,1H3,(H,17,18,20). The van der Waals surface area contributed by atoms with E-state index in [1.165, 1.54) is 16.2 Å². The van der Waals surface area contributed by atoms with E-state index in [4.69, 9.17) is 4.74 Å². The molecule has 5 nitrogen and oxygen atoms in total. The molecule has 1 N–H and O–H groups in total. The maximum Gasteiger partial charge on any atom is 0.230 e. The molecule has 8 heteroatoms. The van der Waals surface area contributed by atoms with Gasteiger partial charge in [0.25, 0.3) is 0 Å². The molecule has 0 bridgehead atoms. The van der Waals surface area contributed by atoms with Crippen molar-refractivity contribution in [3.8, 4) is 5.75 Å². The number of methoxy groups -OCH3 is 1. The lowest BCUT2D eigenvalue weighted by molar-refractivity contribution is -0.115. The van der Waals surface area contributed by atoms with Crippen LogP contribution >= 0.6 is 34.4 Å². The molecule has 0 fully saturated rings. The highest BCUT2D eigenvalue weighted by molar-refractivity contribution is 8.00. The maximum atomic E-state index is 12.1. The number of hydrogen-bond acceptors (Lipinski definition) is 7. The highest BCUT2D eigenvalue weighted by Crippen LogP contribution is 2.29. The number of hydrogen-bond donors (Lipinski definition) is 1. The molecule has 24 heavy (non-hydrogen) atoms. The predicted octanol–water partition coefficient (Wildman–Crippen LogP) is 4.08. The van der Waals surface area contributed by atoms with E-state index >= 15 is 0 Å². The van der Waals surface area contributed by atoms with Crippen LogP contribution in [0.25, 0.3) is 0 Å². The van der Waals surface area contributed by atoms with E-state index in [1.54, 1.807) is 30.2 Å². The zero-order chi connectivity index (χ0) is 16.8. The van der Waals surface area contributed by atoms with E-state index in [0.29, 0.717) is 11.6 Å². The number of amides is 1. The van der Waals surface area contributed by atoms with Gasteiger partial charge in [-0.2, -0.15) is 0 Å². The SMILES string of the molecule is COc1ccc(CC(=O)Nc2nnc(SCc3cccs3)s2)cc1. The van der Waals surface area contributed by atoms with Gasteiger partial charge in [0.2, 0.25) is 11.0 Å². The number of benzene rings is 1. The Labute approximate surface area is 152 Å². The third-order valence-electron chi connectivity index (χ3n) is 3.09. The van der Waals surface area contributed by atoms with Crippen molar-refractivity contribution in [2.24, 2.45) is 0 Å². The van der Waals surface area contributed by atoms with E-state index in [1.807, 2.05) is 30.3 Å². The Kier molecular flexibility index (Phi) is 5.84. The molecule has 0 saturated carbocycles. The van der Waals surface area contributed by atoms with E-state index in [0.717, 1.165) is 21.4 Å². The average Bonchev–Trinajstić information content (AvgIpc) is 3.25. The van der Waals surface area contributed by atoms with Crippen molar-refractivity contribution >= 4 is 45.5 Å². The number of ether oxygens (including phenoxy) is 1. The van der Waals surface area contributed by atoms with Crippen molar-refractivity contribution in [1.29, 1.82) is 0 Å². The number of nitrogens with one attached hydrogen (secondary N) is 1. The molecule has 0 atom stereocenters. The van der Waals surface area contributed by atoms with Gasteiger partial charge >= 0.3 is 0 Å². The normalized spacial score (nSPS) is 10.5. The van der Waals surface area contributed by atoms with Crippen LogP contribution in [0, 0.1) is 0 Å². The molecule has 1 amide bonds. The van der Waals surface area contributed by atoms with Gasteiger partial charge in [0, 0.05) is 10.6 Å². The fourth-order valence-corrected chi connectivity index (χ4v) is 4.48. The Morgan fingerprint density at radius 3 is 2.79 bits per heavy atom. The Morgan fingerprint density at radius 2 is 2.08 bits per heavy atom. The Morgan fingerprint density at radius 1 is 1.25 bits per heavy atom. The average molecular weight is 378 g/mol. The summed E-state index contributed by atoms with van der Waals surface area (Å²) in [5, 5.41) is 13.5. The molecule has 2 aromatic heterocycles. The summed E-state index contributed by atoms with van der Waals surface area (Å²) in [6, 6.07) is 11.6. The second kappa shape index (κ2) is 8.27. The topological polar surface area (TPSA) is 64.1 Å². The molecule has 0 unspecified atom stereocenters. The first-order valence-electron chi connectivity index (χ1n) is 7.14. The van der Waals surface area contributed by atoms with Crippen LogP contribution in [0.1, 0.15) is 10.4 Å². The van der Waals surface area contributed by atoms with E-state index in [2.05, 4.69) is 27.0 Å². The summed E-state index contributed by atoms with van der Waals surface area (Å²) in [4.78, 5) is 13.4. The molecule has 0 aliphatic rings. The molecule has 0 radical (unpaired) electrons. The van der Waals surface area contributed by atoms with Gasteiger partial charge in [-0.05, 0) is 29.1 Å². The van der Waals surface area contributed by atoms with Crippen molar-refractivity contribution in [2.75, 3.05) is 12.4 Å². The molecular formula is C16H15N3O2S3. The lowest BCUT2D eigenvalue weighted by atomic mass is 10.1. The summed E-state index contributed by atoms with van der Waals surface area (Å²) < 4.78 is 5.95. The quantitative estimate of drug-likeness (QED) is 0.496. The number of anilines is 1. The zero-order valence-electron chi connectivity index (χ0n) is 12.9. The van der Waals surface area contributed by atoms with Gasteiger partial charge in [-0.25, -0.2) is 0 Å². The summed E-state index contributed by atoms with van der Waals surface area (Å²) in [7, 11) is 1.62. The Hall–Kier alpha value is -1.90. The number of thioether (sulfide) groups is 1. The lowest BCUT2D eigenvalue weighted by Gasteiger charge is -2.03. The minimum absolute atomic E-state index is 0.105. The fraction of sp³-hybridized carbons (Fsp3) is 0.188. The number of aromatic nitrogens is 2. The summed E-state index contributed by atoms with van der Waals surface area (Å²) in [5.41, 5.74) is 0.921. The lowest BCUT2D eigenvalue weighted by Crippen LogP contribution is -2.14. The van der Waals surface area contributed by atoms with Crippen LogP contribution < -0.4 is 10.1 Å². The van der Waals surface area contributed by atoms with Crippen molar-refractivity contribution in [3.05, 3.63) is 52.2 Å². The number of carbonyl (C=O) groups excluding carboxylic acids is 1. The monoisotopic (exact) mass is 377 g/mol. The van der Waals surface area contributed by atoms with Crippen molar-refractivity contribution in [2.45, 2.75) is 16.5 Å². The first-order valence-corrected chi connectivity index (χ1v) is 9.82. The van der Waals surface area contributed by atoms with Gasteiger partial charge in [-0.3, -0.25) is 4.79 Å². The fourth-order valence-electron chi connectivity index (χ4n) is 1.94. The van der Waals surface area contributed by atoms with Crippen molar-refractivity contribution in [1.82, 2.24) is 10.2 Å². The molecule has 1 aromatic carbocycles. The number of rotatable bonds is 7. The molecule has 0 aliphatic carbocycles. The number of carbonyl (C=O) groups is 1. The molecule has 124 valence electrons. The van der Waals surface area contributed by atoms with E-state index in [-0.39, 0.29) is 5.91 Å². The van der Waals surface area contributed by atoms with Crippen molar-refractivity contribution < 1.29 is 9.53 Å². The summed E-state index contributed by atoms with van der Waals surface area (Å²) in [5.74, 6) is 1.54. The van der Waals surface area contributed by atoms with Crippen LogP contribution in [-0.4, -0.2) is 23.2 Å². The molecule has 3 aromatic rings. The molecule has 0 aliphatic heterocycles. The molecule has 0 spiro atoms. The van der Waals surface area contributed by atoms with E-state index < -0.39 is 0 Å². The van der Waals surface area contributed by atoms with Gasteiger partial charge in [-0.1, -0.05) is 41.3 Å². The zero-order valence-corrected chi connectivity index (χ0v) is 15.3. The van der Waals surface area contributed by atoms with E-state index in [9.17, 15) is 4.79 Å².